The minimum absolute atomic E-state index is 0.0488. The van der Waals surface area contributed by atoms with Crippen molar-refractivity contribution in [2.24, 2.45) is 0 Å². The lowest BCUT2D eigenvalue weighted by Crippen LogP contribution is -2.46. The van der Waals surface area contributed by atoms with Gasteiger partial charge in [-0.25, -0.2) is 0 Å². The average Bonchev–Trinajstić information content (AvgIpc) is 2.39. The van der Waals surface area contributed by atoms with E-state index in [2.05, 4.69) is 0 Å². The maximum Gasteiger partial charge on any atom is 0.321 e. The number of non-ortho nitro benzene ring substituents is 1. The summed E-state index contributed by atoms with van der Waals surface area (Å²) in [7, 11) is 0. The number of carboxylic acids is 1. The molecule has 1 aromatic rings. The fourth-order valence-corrected chi connectivity index (χ4v) is 3.12. The van der Waals surface area contributed by atoms with Crippen LogP contribution >= 0.6 is 11.8 Å². The number of carboxylic acid groups (broad SMARTS) is 1. The van der Waals surface area contributed by atoms with E-state index < -0.39 is 16.9 Å². The summed E-state index contributed by atoms with van der Waals surface area (Å²) in [5.41, 5.74) is 0.941. The van der Waals surface area contributed by atoms with Crippen LogP contribution in [-0.4, -0.2) is 45.0 Å². The zero-order chi connectivity index (χ0) is 13.8. The summed E-state index contributed by atoms with van der Waals surface area (Å²) in [6, 6.07) is 5.78. The maximum atomic E-state index is 11.2. The predicted octanol–water partition coefficient (Wildman–Crippen LogP) is 1.60. The third-order valence-corrected chi connectivity index (χ3v) is 4.08. The Labute approximate surface area is 114 Å². The molecule has 1 aromatic carbocycles. The van der Waals surface area contributed by atoms with E-state index in [1.54, 1.807) is 23.9 Å². The number of hydrogen-bond donors (Lipinski definition) is 1. The molecule has 1 atom stereocenters. The maximum absolute atomic E-state index is 11.2. The van der Waals surface area contributed by atoms with E-state index in [9.17, 15) is 14.9 Å². The Morgan fingerprint density at radius 1 is 1.47 bits per heavy atom. The van der Waals surface area contributed by atoms with E-state index in [1.807, 2.05) is 4.90 Å². The van der Waals surface area contributed by atoms with Crippen molar-refractivity contribution < 1.29 is 14.8 Å². The molecule has 0 saturated carbocycles. The molecule has 0 radical (unpaired) electrons. The molecule has 0 bridgehead atoms. The molecule has 1 unspecified atom stereocenters. The Kier molecular flexibility index (Phi) is 4.39. The number of aliphatic carboxylic acids is 1. The second-order valence-electron chi connectivity index (χ2n) is 4.32. The first-order valence-electron chi connectivity index (χ1n) is 5.86. The van der Waals surface area contributed by atoms with Gasteiger partial charge in [0.25, 0.3) is 5.69 Å². The number of nitrogens with zero attached hydrogens (tertiary/aromatic N) is 2. The van der Waals surface area contributed by atoms with Crippen LogP contribution in [0.1, 0.15) is 5.56 Å². The highest BCUT2D eigenvalue weighted by Gasteiger charge is 2.28. The largest absolute Gasteiger partial charge is 0.480 e. The van der Waals surface area contributed by atoms with Gasteiger partial charge in [-0.2, -0.15) is 11.8 Å². The molecule has 1 heterocycles. The zero-order valence-corrected chi connectivity index (χ0v) is 11.0. The summed E-state index contributed by atoms with van der Waals surface area (Å²) in [5, 5.41) is 19.7. The lowest BCUT2D eigenvalue weighted by atomic mass is 10.1. The summed E-state index contributed by atoms with van der Waals surface area (Å²) in [6.07, 6.45) is 0. The van der Waals surface area contributed by atoms with Crippen molar-refractivity contribution in [3.05, 3.63) is 39.9 Å². The van der Waals surface area contributed by atoms with Gasteiger partial charge in [-0.3, -0.25) is 19.8 Å². The lowest BCUT2D eigenvalue weighted by Gasteiger charge is -2.32. The third kappa shape index (κ3) is 3.45. The minimum atomic E-state index is -0.811. The molecule has 19 heavy (non-hydrogen) atoms. The highest BCUT2D eigenvalue weighted by molar-refractivity contribution is 7.99. The van der Waals surface area contributed by atoms with Crippen molar-refractivity contribution in [2.75, 3.05) is 18.1 Å². The van der Waals surface area contributed by atoms with Crippen LogP contribution in [0, 0.1) is 10.1 Å². The fourth-order valence-electron chi connectivity index (χ4n) is 2.01. The molecule has 2 rings (SSSR count). The first-order valence-corrected chi connectivity index (χ1v) is 7.01. The SMILES string of the molecule is O=C(O)C1CSCCN1Cc1ccc([N+](=O)[O-])cc1. The molecular formula is C12H14N2O4S. The van der Waals surface area contributed by atoms with Crippen molar-refractivity contribution >= 4 is 23.4 Å². The smallest absolute Gasteiger partial charge is 0.321 e. The first kappa shape index (κ1) is 13.8. The van der Waals surface area contributed by atoms with Crippen molar-refractivity contribution in [1.82, 2.24) is 4.90 Å². The summed E-state index contributed by atoms with van der Waals surface area (Å²) >= 11 is 1.64. The van der Waals surface area contributed by atoms with Crippen LogP contribution in [0.3, 0.4) is 0 Å². The predicted molar refractivity (Wildman–Crippen MR) is 72.3 cm³/mol. The van der Waals surface area contributed by atoms with Gasteiger partial charge in [0.15, 0.2) is 0 Å². The first-order chi connectivity index (χ1) is 9.08. The van der Waals surface area contributed by atoms with Gasteiger partial charge in [-0.1, -0.05) is 12.1 Å². The van der Waals surface area contributed by atoms with E-state index in [-0.39, 0.29) is 5.69 Å². The number of carbonyl (C=O) groups is 1. The van der Waals surface area contributed by atoms with Gasteiger partial charge in [0.05, 0.1) is 4.92 Å². The molecule has 1 aliphatic heterocycles. The molecule has 6 nitrogen and oxygen atoms in total. The van der Waals surface area contributed by atoms with E-state index >= 15 is 0 Å². The van der Waals surface area contributed by atoms with Crippen LogP contribution in [-0.2, 0) is 11.3 Å². The Hall–Kier alpha value is -1.60. The van der Waals surface area contributed by atoms with Gasteiger partial charge >= 0.3 is 5.97 Å². The molecule has 1 saturated heterocycles. The molecular weight excluding hydrogens is 268 g/mol. The number of benzene rings is 1. The normalized spacial score (nSPS) is 20.1. The minimum Gasteiger partial charge on any atom is -0.480 e. The van der Waals surface area contributed by atoms with Crippen molar-refractivity contribution in [1.29, 1.82) is 0 Å². The lowest BCUT2D eigenvalue weighted by molar-refractivity contribution is -0.384. The second-order valence-corrected chi connectivity index (χ2v) is 5.47. The summed E-state index contributed by atoms with van der Waals surface area (Å²) in [6.45, 7) is 1.23. The quantitative estimate of drug-likeness (QED) is 0.667. The van der Waals surface area contributed by atoms with Crippen LogP contribution in [0.15, 0.2) is 24.3 Å². The van der Waals surface area contributed by atoms with E-state index in [0.29, 0.717) is 12.3 Å². The standard InChI is InChI=1S/C12H14N2O4S/c15-12(16)11-8-19-6-5-13(11)7-9-1-3-10(4-2-9)14(17)18/h1-4,11H,5-8H2,(H,15,16). The molecule has 102 valence electrons. The van der Waals surface area contributed by atoms with Gasteiger partial charge in [0, 0.05) is 36.7 Å². The molecule has 0 spiro atoms. The zero-order valence-electron chi connectivity index (χ0n) is 10.2. The van der Waals surface area contributed by atoms with Crippen molar-refractivity contribution in [3.8, 4) is 0 Å². The summed E-state index contributed by atoms with van der Waals surface area (Å²) in [4.78, 5) is 23.2. The monoisotopic (exact) mass is 282 g/mol. The number of rotatable bonds is 4. The molecule has 7 heteroatoms. The Morgan fingerprint density at radius 2 is 2.16 bits per heavy atom. The number of hydrogen-bond acceptors (Lipinski definition) is 5. The van der Waals surface area contributed by atoms with Crippen LogP contribution in [0.2, 0.25) is 0 Å². The van der Waals surface area contributed by atoms with Gasteiger partial charge in [-0.05, 0) is 5.56 Å². The van der Waals surface area contributed by atoms with Crippen LogP contribution in [0.5, 0.6) is 0 Å². The number of nitro benzene ring substituents is 1. The van der Waals surface area contributed by atoms with E-state index in [4.69, 9.17) is 5.11 Å². The summed E-state index contributed by atoms with van der Waals surface area (Å²) in [5.74, 6) is 0.688. The highest BCUT2D eigenvalue weighted by atomic mass is 32.2. The molecule has 0 aromatic heterocycles. The number of thioether (sulfide) groups is 1. The van der Waals surface area contributed by atoms with Gasteiger partial charge in [-0.15, -0.1) is 0 Å². The number of nitro groups is 1. The average molecular weight is 282 g/mol. The van der Waals surface area contributed by atoms with Crippen LogP contribution in [0.25, 0.3) is 0 Å². The van der Waals surface area contributed by atoms with E-state index in [1.165, 1.54) is 12.1 Å². The van der Waals surface area contributed by atoms with Crippen LogP contribution < -0.4 is 0 Å². The van der Waals surface area contributed by atoms with Crippen molar-refractivity contribution in [3.63, 3.8) is 0 Å². The van der Waals surface area contributed by atoms with Gasteiger partial charge in [0.1, 0.15) is 6.04 Å². The van der Waals surface area contributed by atoms with Gasteiger partial charge in [0.2, 0.25) is 0 Å². The molecule has 1 N–H and O–H groups in total. The van der Waals surface area contributed by atoms with Crippen LogP contribution in [0.4, 0.5) is 5.69 Å². The topological polar surface area (TPSA) is 83.7 Å². The third-order valence-electron chi connectivity index (χ3n) is 3.06. The van der Waals surface area contributed by atoms with Crippen molar-refractivity contribution in [2.45, 2.75) is 12.6 Å². The Balaban J connectivity index is 2.06. The fraction of sp³-hybridized carbons (Fsp3) is 0.417. The molecule has 1 aliphatic rings. The Morgan fingerprint density at radius 3 is 2.74 bits per heavy atom. The second kappa shape index (κ2) is 6.03. The molecule has 1 fully saturated rings. The molecule has 0 amide bonds. The summed E-state index contributed by atoms with van der Waals surface area (Å²) < 4.78 is 0. The highest BCUT2D eigenvalue weighted by Crippen LogP contribution is 2.20. The molecule has 0 aliphatic carbocycles. The van der Waals surface area contributed by atoms with Gasteiger partial charge < -0.3 is 5.11 Å². The van der Waals surface area contributed by atoms with E-state index in [0.717, 1.165) is 17.9 Å². The Bertz CT molecular complexity index is 477.